The number of benzene rings is 1. The molecule has 3 heterocycles. The summed E-state index contributed by atoms with van der Waals surface area (Å²) in [6.07, 6.45) is 5.24. The zero-order valence-electron chi connectivity index (χ0n) is 15.0. The molecule has 2 fully saturated rings. The molecule has 0 aliphatic carbocycles. The normalized spacial score (nSPS) is 21.6. The smallest absolute Gasteiger partial charge is 0.253 e. The van der Waals surface area contributed by atoms with Crippen molar-refractivity contribution in [2.24, 2.45) is 5.41 Å². The van der Waals surface area contributed by atoms with Crippen LogP contribution < -0.4 is 9.62 Å². The fraction of sp³-hybridized carbons (Fsp3) is 0.611. The van der Waals surface area contributed by atoms with Crippen molar-refractivity contribution in [2.45, 2.75) is 25.7 Å². The van der Waals surface area contributed by atoms with Gasteiger partial charge in [-0.1, -0.05) is 0 Å². The summed E-state index contributed by atoms with van der Waals surface area (Å²) in [5, 5.41) is 3.45. The molecular formula is C18H26ClN3O3S. The fourth-order valence-corrected chi connectivity index (χ4v) is 5.40. The van der Waals surface area contributed by atoms with Gasteiger partial charge in [-0.25, -0.2) is 8.42 Å². The minimum Gasteiger partial charge on any atom is -0.339 e. The number of halogens is 1. The van der Waals surface area contributed by atoms with Gasteiger partial charge in [0, 0.05) is 31.7 Å². The van der Waals surface area contributed by atoms with Gasteiger partial charge in [0.05, 0.1) is 11.9 Å². The lowest BCUT2D eigenvalue weighted by Crippen LogP contribution is -2.44. The van der Waals surface area contributed by atoms with E-state index >= 15 is 0 Å². The molecule has 144 valence electrons. The number of carbonyl (C=O) groups excluding carboxylic acids is 1. The highest BCUT2D eigenvalue weighted by atomic mass is 35.5. The molecule has 4 rings (SSSR count). The quantitative estimate of drug-likeness (QED) is 0.820. The van der Waals surface area contributed by atoms with Crippen LogP contribution in [0.5, 0.6) is 0 Å². The van der Waals surface area contributed by atoms with Crippen LogP contribution in [-0.4, -0.2) is 58.2 Å². The summed E-state index contributed by atoms with van der Waals surface area (Å²) in [7, 11) is -3.25. The minimum atomic E-state index is -3.25. The van der Waals surface area contributed by atoms with Gasteiger partial charge in [0.25, 0.3) is 5.91 Å². The number of hydrogen-bond acceptors (Lipinski definition) is 4. The largest absolute Gasteiger partial charge is 0.339 e. The zero-order chi connectivity index (χ0) is 17.7. The first kappa shape index (κ1) is 19.5. The molecule has 0 aromatic heterocycles. The van der Waals surface area contributed by atoms with Crippen LogP contribution in [-0.2, 0) is 16.4 Å². The van der Waals surface area contributed by atoms with Crippen molar-refractivity contribution in [3.05, 3.63) is 29.3 Å². The van der Waals surface area contributed by atoms with Crippen LogP contribution >= 0.6 is 12.4 Å². The topological polar surface area (TPSA) is 69.7 Å². The van der Waals surface area contributed by atoms with Crippen molar-refractivity contribution in [1.29, 1.82) is 0 Å². The SMILES string of the molecule is CS(=O)(=O)N1CCc2cc(C(=O)N3CCC4(CCNC4)CC3)ccc21.Cl. The Balaban J connectivity index is 0.00000196. The summed E-state index contributed by atoms with van der Waals surface area (Å²) in [5.41, 5.74) is 2.73. The third kappa shape index (κ3) is 3.44. The first-order chi connectivity index (χ1) is 11.9. The van der Waals surface area contributed by atoms with E-state index in [0.29, 0.717) is 29.6 Å². The maximum atomic E-state index is 12.9. The Morgan fingerprint density at radius 2 is 1.88 bits per heavy atom. The summed E-state index contributed by atoms with van der Waals surface area (Å²) in [6, 6.07) is 5.43. The molecular weight excluding hydrogens is 374 g/mol. The van der Waals surface area contributed by atoms with Gasteiger partial charge in [-0.2, -0.15) is 0 Å². The Labute approximate surface area is 161 Å². The molecule has 26 heavy (non-hydrogen) atoms. The lowest BCUT2D eigenvalue weighted by atomic mass is 9.78. The van der Waals surface area contributed by atoms with Gasteiger partial charge in [0.2, 0.25) is 10.0 Å². The van der Waals surface area contributed by atoms with E-state index in [9.17, 15) is 13.2 Å². The number of amides is 1. The fourth-order valence-electron chi connectivity index (χ4n) is 4.44. The highest BCUT2D eigenvalue weighted by Gasteiger charge is 2.38. The first-order valence-corrected chi connectivity index (χ1v) is 10.8. The molecule has 0 saturated carbocycles. The molecule has 0 atom stereocenters. The molecule has 3 aliphatic rings. The third-order valence-corrected chi connectivity index (χ3v) is 7.20. The third-order valence-electron chi connectivity index (χ3n) is 6.02. The molecule has 0 bridgehead atoms. The number of fused-ring (bicyclic) bond motifs is 1. The number of sulfonamides is 1. The van der Waals surface area contributed by atoms with E-state index in [2.05, 4.69) is 5.32 Å². The molecule has 6 nitrogen and oxygen atoms in total. The number of likely N-dealkylation sites (tertiary alicyclic amines) is 1. The Morgan fingerprint density at radius 3 is 2.50 bits per heavy atom. The molecule has 0 unspecified atom stereocenters. The van der Waals surface area contributed by atoms with Crippen molar-refractivity contribution >= 4 is 34.0 Å². The molecule has 3 aliphatic heterocycles. The Morgan fingerprint density at radius 1 is 1.15 bits per heavy atom. The van der Waals surface area contributed by atoms with Crippen LogP contribution in [0.3, 0.4) is 0 Å². The van der Waals surface area contributed by atoms with Gasteiger partial charge in [-0.3, -0.25) is 9.10 Å². The number of anilines is 1. The van der Waals surface area contributed by atoms with Crippen molar-refractivity contribution in [2.75, 3.05) is 43.3 Å². The molecule has 0 radical (unpaired) electrons. The number of nitrogens with one attached hydrogen (secondary N) is 1. The van der Waals surface area contributed by atoms with Crippen LogP contribution in [0.1, 0.15) is 35.2 Å². The monoisotopic (exact) mass is 399 g/mol. The van der Waals surface area contributed by atoms with Crippen molar-refractivity contribution in [3.8, 4) is 0 Å². The van der Waals surface area contributed by atoms with E-state index in [1.165, 1.54) is 17.0 Å². The highest BCUT2D eigenvalue weighted by molar-refractivity contribution is 7.92. The maximum Gasteiger partial charge on any atom is 0.253 e. The average Bonchev–Trinajstić information content (AvgIpc) is 3.21. The molecule has 8 heteroatoms. The second-order valence-electron chi connectivity index (χ2n) is 7.65. The van der Waals surface area contributed by atoms with Crippen LogP contribution in [0.15, 0.2) is 18.2 Å². The predicted octanol–water partition coefficient (Wildman–Crippen LogP) is 1.65. The van der Waals surface area contributed by atoms with E-state index in [1.807, 2.05) is 11.0 Å². The van der Waals surface area contributed by atoms with Crippen LogP contribution in [0.2, 0.25) is 0 Å². The van der Waals surface area contributed by atoms with Gasteiger partial charge in [-0.05, 0) is 61.4 Å². The van der Waals surface area contributed by atoms with E-state index in [4.69, 9.17) is 0 Å². The predicted molar refractivity (Wildman–Crippen MR) is 105 cm³/mol. The van der Waals surface area contributed by atoms with Gasteiger partial charge >= 0.3 is 0 Å². The first-order valence-electron chi connectivity index (χ1n) is 8.99. The summed E-state index contributed by atoms with van der Waals surface area (Å²) < 4.78 is 25.1. The summed E-state index contributed by atoms with van der Waals surface area (Å²) in [6.45, 7) is 4.26. The highest BCUT2D eigenvalue weighted by Crippen LogP contribution is 2.37. The Hall–Kier alpha value is -1.31. The second-order valence-corrected chi connectivity index (χ2v) is 9.55. The Bertz CT molecular complexity index is 796. The molecule has 1 N–H and O–H groups in total. The summed E-state index contributed by atoms with van der Waals surface area (Å²) in [4.78, 5) is 14.8. The molecule has 1 amide bonds. The van der Waals surface area contributed by atoms with Crippen LogP contribution in [0, 0.1) is 5.41 Å². The van der Waals surface area contributed by atoms with E-state index in [0.717, 1.165) is 44.6 Å². The number of rotatable bonds is 2. The number of hydrogen-bond donors (Lipinski definition) is 1. The van der Waals surface area contributed by atoms with Crippen LogP contribution in [0.25, 0.3) is 0 Å². The number of carbonyl (C=O) groups is 1. The number of nitrogens with zero attached hydrogens (tertiary/aromatic N) is 2. The zero-order valence-corrected chi connectivity index (χ0v) is 16.7. The van der Waals surface area contributed by atoms with Crippen LogP contribution in [0.4, 0.5) is 5.69 Å². The van der Waals surface area contributed by atoms with Crippen molar-refractivity contribution in [1.82, 2.24) is 10.2 Å². The van der Waals surface area contributed by atoms with E-state index < -0.39 is 10.0 Å². The second kappa shape index (κ2) is 7.02. The molecule has 2 saturated heterocycles. The van der Waals surface area contributed by atoms with Crippen molar-refractivity contribution < 1.29 is 13.2 Å². The van der Waals surface area contributed by atoms with E-state index in [1.54, 1.807) is 12.1 Å². The lowest BCUT2D eigenvalue weighted by Gasteiger charge is -2.39. The molecule has 1 aromatic rings. The van der Waals surface area contributed by atoms with Gasteiger partial charge in [-0.15, -0.1) is 12.4 Å². The van der Waals surface area contributed by atoms with E-state index in [-0.39, 0.29) is 18.3 Å². The summed E-state index contributed by atoms with van der Waals surface area (Å²) >= 11 is 0. The summed E-state index contributed by atoms with van der Waals surface area (Å²) in [5.74, 6) is 0.0708. The molecule has 1 aromatic carbocycles. The molecule has 1 spiro atoms. The van der Waals surface area contributed by atoms with Gasteiger partial charge in [0.15, 0.2) is 0 Å². The van der Waals surface area contributed by atoms with Gasteiger partial charge < -0.3 is 10.2 Å². The minimum absolute atomic E-state index is 0. The average molecular weight is 400 g/mol. The Kier molecular flexibility index (Phi) is 5.25. The maximum absolute atomic E-state index is 12.9. The number of piperidine rings is 1. The standard InChI is InChI=1S/C18H25N3O3S.ClH/c1-25(23,24)21-9-4-14-12-15(2-3-16(14)21)17(22)20-10-6-18(7-11-20)5-8-19-13-18;/h2-3,12,19H,4-11,13H2,1H3;1H. The lowest BCUT2D eigenvalue weighted by molar-refractivity contribution is 0.0607. The van der Waals surface area contributed by atoms with Crippen molar-refractivity contribution in [3.63, 3.8) is 0 Å². The van der Waals surface area contributed by atoms with Gasteiger partial charge in [0.1, 0.15) is 0 Å².